The van der Waals surface area contributed by atoms with E-state index in [2.05, 4.69) is 85.4 Å². The first-order valence-electron chi connectivity index (χ1n) is 40.0. The first-order valence-corrected chi connectivity index (χ1v) is 41.8. The molecule has 0 aromatic carbocycles. The van der Waals surface area contributed by atoms with Gasteiger partial charge in [-0.05, 0) is 220 Å². The summed E-state index contributed by atoms with van der Waals surface area (Å²) in [5.74, 6) is -4.44. The summed E-state index contributed by atoms with van der Waals surface area (Å²) in [7, 11) is 0. The first-order chi connectivity index (χ1) is 55.8. The highest BCUT2D eigenvalue weighted by molar-refractivity contribution is 7.99. The number of nitrogens with zero attached hydrogens (tertiary/aromatic N) is 5. The fourth-order valence-electron chi connectivity index (χ4n) is 10.9. The van der Waals surface area contributed by atoms with Gasteiger partial charge in [-0.25, -0.2) is 47.9 Å². The van der Waals surface area contributed by atoms with E-state index in [1.54, 1.807) is 62.3 Å². The largest absolute Gasteiger partial charge is 0.444 e. The molecule has 0 radical (unpaired) electrons. The predicted molar refractivity (Wildman–Crippen MR) is 454 cm³/mol. The number of nitrogens with one attached hydrogen (secondary N) is 9. The van der Waals surface area contributed by atoms with Crippen LogP contribution in [0.5, 0.6) is 0 Å². The van der Waals surface area contributed by atoms with Crippen LogP contribution < -0.4 is 47.9 Å². The van der Waals surface area contributed by atoms with Crippen molar-refractivity contribution in [1.29, 1.82) is 0 Å². The number of guanidine groups is 4. The molecule has 2 heterocycles. The zero-order valence-corrected chi connectivity index (χ0v) is 78.2. The number of aliphatic hydroxyl groups excluding tert-OH is 4. The van der Waals surface area contributed by atoms with Gasteiger partial charge in [0.25, 0.3) is 0 Å². The molecule has 5 unspecified atom stereocenters. The van der Waals surface area contributed by atoms with Gasteiger partial charge in [0.2, 0.25) is 23.8 Å². The Bertz CT molecular complexity index is 3720. The summed E-state index contributed by atoms with van der Waals surface area (Å²) in [5.41, 5.74) is -11.9. The summed E-state index contributed by atoms with van der Waals surface area (Å²) >= 11 is 5.41. The minimum atomic E-state index is -2.37. The number of carbonyl (C=O) groups is 10. The predicted octanol–water partition coefficient (Wildman–Crippen LogP) is 8.72. The fourth-order valence-corrected chi connectivity index (χ4v) is 11.9. The maximum atomic E-state index is 14.2. The second-order valence-electron chi connectivity index (χ2n) is 38.7. The minimum absolute atomic E-state index is 0.156. The van der Waals surface area contributed by atoms with Crippen molar-refractivity contribution in [3.63, 3.8) is 0 Å². The number of carbonyl (C=O) groups excluding carboxylic acids is 10. The number of thiol groups is 1. The summed E-state index contributed by atoms with van der Waals surface area (Å²) in [6.45, 7) is 45.9. The van der Waals surface area contributed by atoms with E-state index in [0.717, 1.165) is 0 Å². The molecule has 45 heteroatoms. The number of amides is 10. The standard InChI is InChI=1S/C78H136N14O29S2/c1-69(2,3)112-59(97)82-46(83-60(98)113-70(4,5)6)36-40-35-41(80-56(87-63(101)116-73(13,14)15)88-64(102)117-74(16,17)18)52(111-54-49(95)47(48(94)45(109-54)39-123-34-32-107-31-33-122)84-58(91-67(105)120-77(25,26)27)92-68(106)121-78(28,29)30)50(96)51(40)110-53-42(81-57(89-65(103)118-75(19,20)21)90-66(104)119-76(22,23)24)37-43(93)44(108-53)38-79-55(85-61(99)114-71(7,8)9)86-62(100)115-72(10,11)12/h40-45,47-54,93-96,122H,31-39H2,1-30H3,(H,82,83,97,98)(H2,79,85,86,99,100)(H2,80,87,88,101,102)(H2,81,89,90,103,104)(H2,84,91,92,105,106)/t40-,41-,42-,43?,44-,45?,47+,48-,49?,50?,51?,52+,53-,54-/m1/s1. The van der Waals surface area contributed by atoms with Gasteiger partial charge in [-0.15, -0.1) is 20.0 Å². The Morgan fingerprint density at radius 1 is 0.382 bits per heavy atom. The summed E-state index contributed by atoms with van der Waals surface area (Å²) in [6.07, 6.45) is -33.9. The van der Waals surface area contributed by atoms with Crippen molar-refractivity contribution in [1.82, 2.24) is 47.9 Å². The molecule has 14 atom stereocenters. The Kier molecular flexibility index (Phi) is 40.4. The van der Waals surface area contributed by atoms with Crippen LogP contribution in [0.1, 0.15) is 227 Å². The van der Waals surface area contributed by atoms with Crippen LogP contribution in [0, 0.1) is 5.92 Å². The van der Waals surface area contributed by atoms with Gasteiger partial charge < -0.3 is 113 Å². The summed E-state index contributed by atoms with van der Waals surface area (Å²) in [5, 5.41) is 75.4. The van der Waals surface area contributed by atoms with Crippen LogP contribution in [0.2, 0.25) is 0 Å². The Morgan fingerprint density at radius 3 is 1.11 bits per heavy atom. The maximum Gasteiger partial charge on any atom is 0.437 e. The van der Waals surface area contributed by atoms with Gasteiger partial charge in [0.15, 0.2) is 12.6 Å². The van der Waals surface area contributed by atoms with Gasteiger partial charge in [0.05, 0.1) is 49.7 Å². The number of rotatable bonds is 18. The second kappa shape index (κ2) is 45.7. The Labute approximate surface area is 729 Å². The Balaban J connectivity index is 2.81. The third-order valence-electron chi connectivity index (χ3n) is 14.8. The molecule has 123 heavy (non-hydrogen) atoms. The van der Waals surface area contributed by atoms with Crippen LogP contribution in [-0.4, -0.2) is 284 Å². The minimum Gasteiger partial charge on any atom is -0.444 e. The van der Waals surface area contributed by atoms with E-state index in [1.165, 1.54) is 157 Å². The van der Waals surface area contributed by atoms with E-state index in [1.807, 2.05) is 0 Å². The molecule has 0 spiro atoms. The highest BCUT2D eigenvalue weighted by Gasteiger charge is 2.54. The Morgan fingerprint density at radius 2 is 0.724 bits per heavy atom. The van der Waals surface area contributed by atoms with Crippen molar-refractivity contribution in [3.8, 4) is 0 Å². The van der Waals surface area contributed by atoms with Crippen molar-refractivity contribution < 1.29 is 139 Å². The lowest BCUT2D eigenvalue weighted by atomic mass is 9.77. The Hall–Kier alpha value is -8.41. The van der Waals surface area contributed by atoms with Crippen LogP contribution in [0.15, 0.2) is 25.0 Å². The average Bonchev–Trinajstić information content (AvgIpc) is 0.755. The molecular formula is C78H136N14O29S2. The topological polar surface area (TPSA) is 560 Å². The molecule has 3 fully saturated rings. The zero-order valence-electron chi connectivity index (χ0n) is 76.5. The molecule has 704 valence electrons. The van der Waals surface area contributed by atoms with Gasteiger partial charge in [-0.1, -0.05) is 0 Å². The number of ether oxygens (including phenoxy) is 15. The molecule has 1 saturated carbocycles. The monoisotopic (exact) mass is 1800 g/mol. The lowest BCUT2D eigenvalue weighted by molar-refractivity contribution is -0.315. The number of hydrogen-bond acceptors (Lipinski definition) is 31. The molecule has 0 bridgehead atoms. The molecule has 3 aliphatic rings. The highest BCUT2D eigenvalue weighted by Crippen LogP contribution is 2.38. The number of alkyl carbamates (subject to hydrolysis) is 5. The maximum absolute atomic E-state index is 14.2. The van der Waals surface area contributed by atoms with Gasteiger partial charge in [-0.3, -0.25) is 26.6 Å². The molecule has 0 aromatic heterocycles. The number of aliphatic hydroxyl groups is 4. The zero-order chi connectivity index (χ0) is 94.3. The molecule has 3 rings (SSSR count). The van der Waals surface area contributed by atoms with E-state index in [0.29, 0.717) is 5.75 Å². The van der Waals surface area contributed by atoms with E-state index in [-0.39, 0.29) is 24.7 Å². The summed E-state index contributed by atoms with van der Waals surface area (Å²) in [6, 6.07) is -5.21. The number of thioether (sulfide) groups is 1. The van der Waals surface area contributed by atoms with E-state index < -0.39 is 258 Å². The van der Waals surface area contributed by atoms with E-state index in [9.17, 15) is 68.4 Å². The van der Waals surface area contributed by atoms with Crippen LogP contribution >= 0.6 is 24.4 Å². The van der Waals surface area contributed by atoms with Crippen LogP contribution in [0.3, 0.4) is 0 Å². The highest BCUT2D eigenvalue weighted by atomic mass is 32.2. The third kappa shape index (κ3) is 46.4. The van der Waals surface area contributed by atoms with E-state index >= 15 is 0 Å². The van der Waals surface area contributed by atoms with Crippen molar-refractivity contribution in [2.24, 2.45) is 30.9 Å². The van der Waals surface area contributed by atoms with Crippen molar-refractivity contribution in [2.75, 3.05) is 37.0 Å². The van der Waals surface area contributed by atoms with Crippen molar-refractivity contribution in [3.05, 3.63) is 0 Å². The van der Waals surface area contributed by atoms with Gasteiger partial charge in [0, 0.05) is 36.6 Å². The summed E-state index contributed by atoms with van der Waals surface area (Å²) < 4.78 is 88.6. The van der Waals surface area contributed by atoms with Gasteiger partial charge in [-0.2, -0.15) is 29.4 Å². The molecular weight excluding hydrogens is 1660 g/mol. The van der Waals surface area contributed by atoms with Crippen LogP contribution in [0.4, 0.5) is 47.9 Å². The SMILES string of the molecule is CC(C)(C)OC(=O)/N=C(/C[C@H]1C[C@@H](N/C(=N/C(=O)OC(C)(C)C)NC(=O)OC(C)(C)C)[C@H](O[C@H]2OC(CSCCOCCS)[C@@H](O)[C@H](N/C(=N\C(=O)OC(C)(C)C)NC(=O)OC(C)(C)C)C2O)C(O)C1O[C@H]1O[C@H](CN/C(=N/C(=O)OC(C)(C)C)NC(=O)OC(C)(C)C)C(O)C[C@H]1N/C(=N\C(=O)OC(C)(C)C)NC(=O)OC(C)(C)C)NC(=O)OC(C)(C)C. The lowest BCUT2D eigenvalue weighted by Gasteiger charge is -2.50. The molecule has 2 aliphatic heterocycles. The average molecular weight is 1800 g/mol. The van der Waals surface area contributed by atoms with Gasteiger partial charge >= 0.3 is 60.9 Å². The number of amidine groups is 1. The smallest absolute Gasteiger partial charge is 0.437 e. The molecule has 2 saturated heterocycles. The second-order valence-corrected chi connectivity index (χ2v) is 40.3. The lowest BCUT2D eigenvalue weighted by Crippen LogP contribution is -2.69. The fraction of sp³-hybridized carbons (Fsp3) is 0.808. The molecule has 13 N–H and O–H groups in total. The quantitative estimate of drug-likeness (QED) is 0.0200. The van der Waals surface area contributed by atoms with Crippen LogP contribution in [-0.2, 0) is 71.1 Å². The normalized spacial score (nSPS) is 23.9. The van der Waals surface area contributed by atoms with E-state index in [4.69, 9.17) is 71.1 Å². The third-order valence-corrected chi connectivity index (χ3v) is 16.0. The molecule has 0 aromatic rings. The molecule has 1 aliphatic carbocycles. The van der Waals surface area contributed by atoms with Crippen molar-refractivity contribution >= 4 is 115 Å². The number of aliphatic imine (C=N–C) groups is 5. The van der Waals surface area contributed by atoms with Gasteiger partial charge in [0.1, 0.15) is 92.4 Å². The first kappa shape index (κ1) is 109. The number of hydrogen-bond donors (Lipinski definition) is 14. The van der Waals surface area contributed by atoms with Crippen molar-refractivity contribution in [2.45, 2.75) is 363 Å². The van der Waals surface area contributed by atoms with Crippen LogP contribution in [0.25, 0.3) is 0 Å². The molecule has 43 nitrogen and oxygen atoms in total. The molecule has 10 amide bonds. The summed E-state index contributed by atoms with van der Waals surface area (Å²) in [4.78, 5) is 159.